The van der Waals surface area contributed by atoms with Crippen LogP contribution in [0.15, 0.2) is 29.2 Å². The van der Waals surface area contributed by atoms with Crippen LogP contribution >= 0.6 is 11.8 Å². The minimum absolute atomic E-state index is 0.239. The molecule has 0 radical (unpaired) electrons. The fourth-order valence-electron chi connectivity index (χ4n) is 1.28. The van der Waals surface area contributed by atoms with Crippen LogP contribution < -0.4 is 5.32 Å². The van der Waals surface area contributed by atoms with Crippen LogP contribution in [0.25, 0.3) is 0 Å². The average Bonchev–Trinajstić information content (AvgIpc) is 2.24. The Labute approximate surface area is 102 Å². The van der Waals surface area contributed by atoms with Gasteiger partial charge in [0.25, 0.3) is 0 Å². The van der Waals surface area contributed by atoms with Gasteiger partial charge in [-0.1, -0.05) is 0 Å². The topological polar surface area (TPSA) is 46.2 Å². The molecule has 0 aliphatic carbocycles. The predicted molar refractivity (Wildman–Crippen MR) is 71.0 cm³/mol. The molecule has 0 saturated carbocycles. The van der Waals surface area contributed by atoms with E-state index in [1.54, 1.807) is 11.8 Å². The lowest BCUT2D eigenvalue weighted by atomic mass is 10.3. The summed E-state index contributed by atoms with van der Waals surface area (Å²) in [4.78, 5) is 1.22. The zero-order valence-corrected chi connectivity index (χ0v) is 11.2. The van der Waals surface area contributed by atoms with Gasteiger partial charge in [-0.25, -0.2) is 8.42 Å². The largest absolute Gasteiger partial charge is 0.385 e. The number of benzene rings is 1. The first kappa shape index (κ1) is 13.4. The van der Waals surface area contributed by atoms with Crippen LogP contribution in [0.3, 0.4) is 0 Å². The molecule has 5 heteroatoms. The Morgan fingerprint density at radius 2 is 1.88 bits per heavy atom. The lowest BCUT2D eigenvalue weighted by Gasteiger charge is -2.06. The van der Waals surface area contributed by atoms with E-state index in [-0.39, 0.29) is 5.75 Å². The number of anilines is 1. The summed E-state index contributed by atoms with van der Waals surface area (Å²) in [7, 11) is -2.83. The summed E-state index contributed by atoms with van der Waals surface area (Å²) in [6, 6.07) is 8.10. The van der Waals surface area contributed by atoms with Crippen LogP contribution in [0.2, 0.25) is 0 Å². The smallest absolute Gasteiger partial charge is 0.147 e. The molecule has 16 heavy (non-hydrogen) atoms. The molecule has 0 unspecified atom stereocenters. The normalized spacial score (nSPS) is 11.4. The van der Waals surface area contributed by atoms with Gasteiger partial charge in [0.05, 0.1) is 5.75 Å². The second-order valence-electron chi connectivity index (χ2n) is 3.64. The molecule has 3 nitrogen and oxygen atoms in total. The standard InChI is InChI=1S/C11H17NO2S2/c1-15-11-6-4-10(5-7-11)12-8-3-9-16(2,13)14/h4-7,12H,3,8-9H2,1-2H3. The molecule has 0 atom stereocenters. The zero-order valence-electron chi connectivity index (χ0n) is 9.56. The molecule has 1 rings (SSSR count). The summed E-state index contributed by atoms with van der Waals surface area (Å²) in [6.07, 6.45) is 3.94. The Morgan fingerprint density at radius 3 is 2.38 bits per heavy atom. The minimum atomic E-state index is -2.83. The molecular formula is C11H17NO2S2. The number of rotatable bonds is 6. The van der Waals surface area contributed by atoms with Crippen LogP contribution in [-0.4, -0.2) is 33.2 Å². The predicted octanol–water partition coefficient (Wildman–Crippen LogP) is 2.26. The lowest BCUT2D eigenvalue weighted by Crippen LogP contribution is -2.09. The molecule has 0 bridgehead atoms. The summed E-state index contributed by atoms with van der Waals surface area (Å²) in [5, 5.41) is 3.19. The van der Waals surface area contributed by atoms with E-state index in [9.17, 15) is 8.42 Å². The van der Waals surface area contributed by atoms with Crippen LogP contribution in [0.4, 0.5) is 5.69 Å². The second-order valence-corrected chi connectivity index (χ2v) is 6.78. The molecule has 0 aliphatic rings. The first-order chi connectivity index (χ1) is 7.51. The van der Waals surface area contributed by atoms with Crippen molar-refractivity contribution in [2.45, 2.75) is 11.3 Å². The van der Waals surface area contributed by atoms with E-state index in [0.717, 1.165) is 5.69 Å². The molecule has 0 aromatic heterocycles. The maximum Gasteiger partial charge on any atom is 0.147 e. The van der Waals surface area contributed by atoms with Gasteiger partial charge in [-0.3, -0.25) is 0 Å². The van der Waals surface area contributed by atoms with Gasteiger partial charge in [-0.2, -0.15) is 0 Å². The third kappa shape index (κ3) is 5.42. The molecule has 90 valence electrons. The maximum atomic E-state index is 10.9. The molecule has 0 amide bonds. The zero-order chi connectivity index (χ0) is 12.0. The van der Waals surface area contributed by atoms with Crippen molar-refractivity contribution in [2.75, 3.05) is 30.1 Å². The Hall–Kier alpha value is -0.680. The van der Waals surface area contributed by atoms with Crippen molar-refractivity contribution in [1.29, 1.82) is 0 Å². The summed E-state index contributed by atoms with van der Waals surface area (Å²) >= 11 is 1.70. The van der Waals surface area contributed by atoms with Crippen molar-refractivity contribution in [3.8, 4) is 0 Å². The quantitative estimate of drug-likeness (QED) is 0.629. The SMILES string of the molecule is CSc1ccc(NCCCS(C)(=O)=O)cc1. The number of sulfone groups is 1. The van der Waals surface area contributed by atoms with Gasteiger partial charge in [-0.05, 0) is 36.9 Å². The van der Waals surface area contributed by atoms with Crippen molar-refractivity contribution >= 4 is 27.3 Å². The van der Waals surface area contributed by atoms with Crippen molar-refractivity contribution in [3.63, 3.8) is 0 Å². The highest BCUT2D eigenvalue weighted by Gasteiger charge is 2.00. The second kappa shape index (κ2) is 6.15. The Kier molecular flexibility index (Phi) is 5.15. The molecule has 0 spiro atoms. The number of hydrogen-bond acceptors (Lipinski definition) is 4. The summed E-state index contributed by atoms with van der Waals surface area (Å²) in [5.41, 5.74) is 1.03. The maximum absolute atomic E-state index is 10.9. The van der Waals surface area contributed by atoms with Gasteiger partial charge in [0, 0.05) is 23.4 Å². The van der Waals surface area contributed by atoms with Gasteiger partial charge in [0.15, 0.2) is 0 Å². The molecule has 0 saturated heterocycles. The summed E-state index contributed by atoms with van der Waals surface area (Å²) < 4.78 is 21.8. The van der Waals surface area contributed by atoms with E-state index in [1.807, 2.05) is 30.5 Å². The molecule has 1 aromatic rings. The summed E-state index contributed by atoms with van der Waals surface area (Å²) in [5.74, 6) is 0.239. The van der Waals surface area contributed by atoms with E-state index in [4.69, 9.17) is 0 Å². The fraction of sp³-hybridized carbons (Fsp3) is 0.455. The Morgan fingerprint density at radius 1 is 1.25 bits per heavy atom. The van der Waals surface area contributed by atoms with Crippen molar-refractivity contribution < 1.29 is 8.42 Å². The van der Waals surface area contributed by atoms with Crippen LogP contribution in [0.1, 0.15) is 6.42 Å². The van der Waals surface area contributed by atoms with Crippen LogP contribution in [0.5, 0.6) is 0 Å². The third-order valence-electron chi connectivity index (χ3n) is 2.11. The van der Waals surface area contributed by atoms with E-state index in [0.29, 0.717) is 13.0 Å². The van der Waals surface area contributed by atoms with Crippen molar-refractivity contribution in [1.82, 2.24) is 0 Å². The molecular weight excluding hydrogens is 242 g/mol. The van der Waals surface area contributed by atoms with Gasteiger partial charge < -0.3 is 5.32 Å². The highest BCUT2D eigenvalue weighted by Crippen LogP contribution is 2.17. The number of hydrogen-bond donors (Lipinski definition) is 1. The fourth-order valence-corrected chi connectivity index (χ4v) is 2.35. The highest BCUT2D eigenvalue weighted by molar-refractivity contribution is 7.98. The van der Waals surface area contributed by atoms with E-state index >= 15 is 0 Å². The van der Waals surface area contributed by atoms with E-state index < -0.39 is 9.84 Å². The minimum Gasteiger partial charge on any atom is -0.385 e. The van der Waals surface area contributed by atoms with Gasteiger partial charge >= 0.3 is 0 Å². The molecule has 0 heterocycles. The average molecular weight is 259 g/mol. The first-order valence-corrected chi connectivity index (χ1v) is 8.35. The van der Waals surface area contributed by atoms with Gasteiger partial charge in [-0.15, -0.1) is 11.8 Å². The molecule has 0 fully saturated rings. The van der Waals surface area contributed by atoms with Gasteiger partial charge in [0.2, 0.25) is 0 Å². The lowest BCUT2D eigenvalue weighted by molar-refractivity contribution is 0.600. The molecule has 1 aromatic carbocycles. The molecule has 0 aliphatic heterocycles. The third-order valence-corrected chi connectivity index (χ3v) is 3.88. The Balaban J connectivity index is 2.32. The van der Waals surface area contributed by atoms with E-state index in [1.165, 1.54) is 11.2 Å². The van der Waals surface area contributed by atoms with Crippen molar-refractivity contribution in [3.05, 3.63) is 24.3 Å². The van der Waals surface area contributed by atoms with E-state index in [2.05, 4.69) is 5.32 Å². The Bertz CT molecular complexity index is 412. The monoisotopic (exact) mass is 259 g/mol. The molecule has 1 N–H and O–H groups in total. The van der Waals surface area contributed by atoms with Crippen LogP contribution in [0, 0.1) is 0 Å². The first-order valence-electron chi connectivity index (χ1n) is 5.07. The number of thioether (sulfide) groups is 1. The van der Waals surface area contributed by atoms with Crippen LogP contribution in [-0.2, 0) is 9.84 Å². The highest BCUT2D eigenvalue weighted by atomic mass is 32.2. The van der Waals surface area contributed by atoms with Crippen molar-refractivity contribution in [2.24, 2.45) is 0 Å². The summed E-state index contributed by atoms with van der Waals surface area (Å²) in [6.45, 7) is 0.686. The van der Waals surface area contributed by atoms with Gasteiger partial charge in [0.1, 0.15) is 9.84 Å². The number of nitrogens with one attached hydrogen (secondary N) is 1.